The van der Waals surface area contributed by atoms with Gasteiger partial charge in [0.15, 0.2) is 0 Å². The minimum atomic E-state index is -0.656. The third kappa shape index (κ3) is 5.34. The molecule has 2 aromatic rings. The maximum absolute atomic E-state index is 13.0. The summed E-state index contributed by atoms with van der Waals surface area (Å²) in [6.07, 6.45) is -0.246. The molecule has 26 heavy (non-hydrogen) atoms. The molecule has 0 aliphatic carbocycles. The van der Waals surface area contributed by atoms with Gasteiger partial charge in [-0.05, 0) is 43.3 Å². The van der Waals surface area contributed by atoms with Crippen LogP contribution in [0, 0.1) is 5.82 Å². The van der Waals surface area contributed by atoms with E-state index in [2.05, 4.69) is 11.9 Å². The number of amides is 2. The highest BCUT2D eigenvalue weighted by Gasteiger charge is 2.14. The van der Waals surface area contributed by atoms with Crippen molar-refractivity contribution in [3.05, 3.63) is 67.0 Å². The van der Waals surface area contributed by atoms with Crippen LogP contribution in [0.1, 0.15) is 6.92 Å². The molecular formula is C19H19FN2O4. The van der Waals surface area contributed by atoms with Crippen molar-refractivity contribution >= 4 is 23.6 Å². The lowest BCUT2D eigenvalue weighted by Crippen LogP contribution is -2.29. The highest BCUT2D eigenvalue weighted by molar-refractivity contribution is 5.89. The van der Waals surface area contributed by atoms with Crippen molar-refractivity contribution in [2.75, 3.05) is 17.3 Å². The Balaban J connectivity index is 2.01. The van der Waals surface area contributed by atoms with E-state index in [1.165, 1.54) is 48.4 Å². The van der Waals surface area contributed by atoms with Gasteiger partial charge in [0.1, 0.15) is 17.7 Å². The number of nitrogens with one attached hydrogen (secondary N) is 1. The summed E-state index contributed by atoms with van der Waals surface area (Å²) >= 11 is 0. The van der Waals surface area contributed by atoms with Crippen molar-refractivity contribution in [2.24, 2.45) is 0 Å². The number of rotatable bonds is 5. The minimum absolute atomic E-state index is 0.235. The van der Waals surface area contributed by atoms with Crippen LogP contribution in [0.2, 0.25) is 0 Å². The fraction of sp³-hybridized carbons (Fsp3) is 0.158. The van der Waals surface area contributed by atoms with Crippen LogP contribution < -0.4 is 15.0 Å². The fourth-order valence-electron chi connectivity index (χ4n) is 1.94. The Morgan fingerprint density at radius 3 is 2.58 bits per heavy atom. The topological polar surface area (TPSA) is 67.9 Å². The minimum Gasteiger partial charge on any atom is -0.442 e. The second kappa shape index (κ2) is 8.66. The molecule has 0 saturated carbocycles. The Bertz CT molecular complexity index is 792. The molecule has 1 atom stereocenters. The molecule has 2 aromatic carbocycles. The molecule has 6 nitrogen and oxygen atoms in total. The number of hydrogen-bond acceptors (Lipinski definition) is 4. The quantitative estimate of drug-likeness (QED) is 0.794. The number of halogens is 1. The first kappa shape index (κ1) is 19.0. The molecule has 0 heterocycles. The lowest BCUT2D eigenvalue weighted by atomic mass is 10.3. The predicted octanol–water partition coefficient (Wildman–Crippen LogP) is 4.58. The highest BCUT2D eigenvalue weighted by Crippen LogP contribution is 2.20. The van der Waals surface area contributed by atoms with Gasteiger partial charge in [-0.3, -0.25) is 10.2 Å². The van der Waals surface area contributed by atoms with Crippen LogP contribution in [-0.4, -0.2) is 25.3 Å². The van der Waals surface area contributed by atoms with Crippen molar-refractivity contribution < 1.29 is 23.5 Å². The van der Waals surface area contributed by atoms with Crippen molar-refractivity contribution in [1.29, 1.82) is 0 Å². The van der Waals surface area contributed by atoms with Gasteiger partial charge < -0.3 is 9.47 Å². The van der Waals surface area contributed by atoms with Gasteiger partial charge in [-0.25, -0.2) is 14.0 Å². The maximum Gasteiger partial charge on any atom is 0.419 e. The van der Waals surface area contributed by atoms with Gasteiger partial charge in [0, 0.05) is 24.5 Å². The molecule has 0 bridgehead atoms. The molecule has 2 amide bonds. The number of hydrogen-bond donors (Lipinski definition) is 1. The average molecular weight is 358 g/mol. The van der Waals surface area contributed by atoms with E-state index in [0.29, 0.717) is 11.4 Å². The first-order valence-corrected chi connectivity index (χ1v) is 7.80. The van der Waals surface area contributed by atoms with E-state index in [1.807, 2.05) is 0 Å². The summed E-state index contributed by atoms with van der Waals surface area (Å²) in [6, 6.07) is 11.7. The SMILES string of the molecule is C=CC(C)OC(=O)Nc1cccc(OC(=O)N(C)c2ccc(F)cc2)c1. The highest BCUT2D eigenvalue weighted by atomic mass is 19.1. The predicted molar refractivity (Wildman–Crippen MR) is 97.0 cm³/mol. The van der Waals surface area contributed by atoms with Gasteiger partial charge >= 0.3 is 12.2 Å². The van der Waals surface area contributed by atoms with Crippen LogP contribution in [0.25, 0.3) is 0 Å². The molecule has 2 rings (SSSR count). The van der Waals surface area contributed by atoms with Gasteiger partial charge in [-0.15, -0.1) is 0 Å². The molecule has 1 unspecified atom stereocenters. The van der Waals surface area contributed by atoms with Crippen molar-refractivity contribution in [3.8, 4) is 5.75 Å². The number of nitrogens with zero attached hydrogens (tertiary/aromatic N) is 1. The number of ether oxygens (including phenoxy) is 2. The molecule has 0 aliphatic rings. The van der Waals surface area contributed by atoms with Crippen LogP contribution in [0.5, 0.6) is 5.75 Å². The Labute approximate surface area is 150 Å². The molecule has 0 fully saturated rings. The maximum atomic E-state index is 13.0. The summed E-state index contributed by atoms with van der Waals surface area (Å²) < 4.78 is 23.2. The Kier molecular flexibility index (Phi) is 6.32. The Morgan fingerprint density at radius 1 is 1.23 bits per heavy atom. The standard InChI is InChI=1S/C19H19FN2O4/c1-4-13(2)25-18(23)21-15-6-5-7-17(12-15)26-19(24)22(3)16-10-8-14(20)9-11-16/h4-13H,1H2,2-3H3,(H,21,23). The zero-order valence-electron chi connectivity index (χ0n) is 14.4. The van der Waals surface area contributed by atoms with E-state index in [0.717, 1.165) is 0 Å². The van der Waals surface area contributed by atoms with Gasteiger partial charge in [-0.2, -0.15) is 0 Å². The Hall–Kier alpha value is -3.35. The summed E-state index contributed by atoms with van der Waals surface area (Å²) in [4.78, 5) is 25.1. The number of carbonyl (C=O) groups excluding carboxylic acids is 2. The van der Waals surface area contributed by atoms with Crippen molar-refractivity contribution in [2.45, 2.75) is 13.0 Å². The lowest BCUT2D eigenvalue weighted by molar-refractivity contribution is 0.142. The van der Waals surface area contributed by atoms with E-state index in [4.69, 9.17) is 9.47 Å². The van der Waals surface area contributed by atoms with Crippen molar-refractivity contribution in [1.82, 2.24) is 0 Å². The normalized spacial score (nSPS) is 11.2. The monoisotopic (exact) mass is 358 g/mol. The van der Waals surface area contributed by atoms with E-state index < -0.39 is 24.1 Å². The Morgan fingerprint density at radius 2 is 1.92 bits per heavy atom. The lowest BCUT2D eigenvalue weighted by Gasteiger charge is -2.17. The second-order valence-electron chi connectivity index (χ2n) is 5.40. The first-order chi connectivity index (χ1) is 12.4. The van der Waals surface area contributed by atoms with Crippen LogP contribution in [0.3, 0.4) is 0 Å². The summed E-state index contributed by atoms with van der Waals surface area (Å²) in [7, 11) is 1.51. The molecule has 136 valence electrons. The molecule has 7 heteroatoms. The summed E-state index contributed by atoms with van der Waals surface area (Å²) in [5, 5.41) is 2.53. The third-order valence-electron chi connectivity index (χ3n) is 3.40. The van der Waals surface area contributed by atoms with Crippen molar-refractivity contribution in [3.63, 3.8) is 0 Å². The summed E-state index contributed by atoms with van der Waals surface area (Å²) in [5.41, 5.74) is 0.883. The van der Waals surface area contributed by atoms with Gasteiger partial charge in [-0.1, -0.05) is 18.7 Å². The summed E-state index contributed by atoms with van der Waals surface area (Å²) in [6.45, 7) is 5.20. The third-order valence-corrected chi connectivity index (χ3v) is 3.40. The smallest absolute Gasteiger partial charge is 0.419 e. The molecule has 0 saturated heterocycles. The van der Waals surface area contributed by atoms with E-state index in [-0.39, 0.29) is 5.75 Å². The molecule has 1 N–H and O–H groups in total. The average Bonchev–Trinajstić information content (AvgIpc) is 2.61. The van der Waals surface area contributed by atoms with Gasteiger partial charge in [0.2, 0.25) is 0 Å². The van der Waals surface area contributed by atoms with E-state index in [1.54, 1.807) is 25.1 Å². The van der Waals surface area contributed by atoms with Gasteiger partial charge in [0.05, 0.1) is 0 Å². The second-order valence-corrected chi connectivity index (χ2v) is 5.40. The molecule has 0 radical (unpaired) electrons. The first-order valence-electron chi connectivity index (χ1n) is 7.80. The fourth-order valence-corrected chi connectivity index (χ4v) is 1.94. The van der Waals surface area contributed by atoms with E-state index >= 15 is 0 Å². The molecule has 0 aromatic heterocycles. The molecule has 0 spiro atoms. The summed E-state index contributed by atoms with van der Waals surface area (Å²) in [5.74, 6) is -0.162. The van der Waals surface area contributed by atoms with Crippen LogP contribution in [0.15, 0.2) is 61.2 Å². The van der Waals surface area contributed by atoms with Gasteiger partial charge in [0.25, 0.3) is 0 Å². The molecule has 0 aliphatic heterocycles. The van der Waals surface area contributed by atoms with Crippen LogP contribution in [-0.2, 0) is 4.74 Å². The number of benzene rings is 2. The van der Waals surface area contributed by atoms with Crippen LogP contribution in [0.4, 0.5) is 25.4 Å². The van der Waals surface area contributed by atoms with E-state index in [9.17, 15) is 14.0 Å². The van der Waals surface area contributed by atoms with Crippen LogP contribution >= 0.6 is 0 Å². The zero-order chi connectivity index (χ0) is 19.1. The molecular weight excluding hydrogens is 339 g/mol. The number of anilines is 2. The largest absolute Gasteiger partial charge is 0.442 e. The zero-order valence-corrected chi connectivity index (χ0v) is 14.4. The number of carbonyl (C=O) groups is 2.